The van der Waals surface area contributed by atoms with Gasteiger partial charge in [0.25, 0.3) is 0 Å². The highest BCUT2D eigenvalue weighted by Gasteiger charge is 2.22. The van der Waals surface area contributed by atoms with E-state index in [1.54, 1.807) is 6.92 Å². The fraction of sp³-hybridized carbons (Fsp3) is 0.412. The minimum Gasteiger partial charge on any atom is -0.376 e. The van der Waals surface area contributed by atoms with Crippen LogP contribution in [0.1, 0.15) is 19.8 Å². The molecule has 1 fully saturated rings. The van der Waals surface area contributed by atoms with Crippen molar-refractivity contribution < 1.29 is 9.53 Å². The first-order chi connectivity index (χ1) is 11.1. The van der Waals surface area contributed by atoms with E-state index < -0.39 is 0 Å². The number of benzene rings is 1. The first-order valence-electron chi connectivity index (χ1n) is 7.83. The molecule has 1 saturated heterocycles. The Kier molecular flexibility index (Phi) is 5.03. The minimum atomic E-state index is -0.331. The smallest absolute Gasteiger partial charge is 0.230 e. The summed E-state index contributed by atoms with van der Waals surface area (Å²) in [4.78, 5) is 15.9. The summed E-state index contributed by atoms with van der Waals surface area (Å²) in [6.07, 6.45) is 4.22. The maximum atomic E-state index is 11.4. The number of ether oxygens (including phenoxy) is 1. The fourth-order valence-corrected chi connectivity index (χ4v) is 3.52. The number of rotatable bonds is 6. The topological polar surface area (TPSA) is 70.1 Å². The molecule has 0 saturated carbocycles. The molecule has 2 aromatic rings. The second-order valence-electron chi connectivity index (χ2n) is 5.70. The summed E-state index contributed by atoms with van der Waals surface area (Å²) in [5.41, 5.74) is 7.54. The third kappa shape index (κ3) is 3.76. The quantitative estimate of drug-likeness (QED) is 0.826. The predicted molar refractivity (Wildman–Crippen MR) is 91.2 cm³/mol. The van der Waals surface area contributed by atoms with E-state index in [1.807, 2.05) is 24.4 Å². The number of nitrogens with two attached hydrogens (primary N) is 1. The van der Waals surface area contributed by atoms with Gasteiger partial charge in [0.05, 0.1) is 29.8 Å². The van der Waals surface area contributed by atoms with Crippen molar-refractivity contribution in [1.82, 2.24) is 9.55 Å². The summed E-state index contributed by atoms with van der Waals surface area (Å²) >= 11 is 1.40. The van der Waals surface area contributed by atoms with E-state index in [0.29, 0.717) is 0 Å². The van der Waals surface area contributed by atoms with Gasteiger partial charge in [-0.05, 0) is 25.3 Å². The van der Waals surface area contributed by atoms with Gasteiger partial charge in [-0.1, -0.05) is 42.1 Å². The van der Waals surface area contributed by atoms with Crippen molar-refractivity contribution in [2.75, 3.05) is 6.61 Å². The molecule has 5 nitrogen and oxygen atoms in total. The Hall–Kier alpha value is -1.79. The Balaban J connectivity index is 1.92. The van der Waals surface area contributed by atoms with Crippen molar-refractivity contribution in [3.63, 3.8) is 0 Å². The van der Waals surface area contributed by atoms with Crippen LogP contribution >= 0.6 is 11.8 Å². The molecule has 1 aliphatic rings. The van der Waals surface area contributed by atoms with Crippen molar-refractivity contribution in [2.24, 2.45) is 5.73 Å². The fourth-order valence-electron chi connectivity index (χ4n) is 2.68. The van der Waals surface area contributed by atoms with Gasteiger partial charge in [-0.15, -0.1) is 0 Å². The highest BCUT2D eigenvalue weighted by atomic mass is 32.2. The molecule has 122 valence electrons. The van der Waals surface area contributed by atoms with Crippen molar-refractivity contribution in [2.45, 2.75) is 42.8 Å². The molecule has 1 aromatic heterocycles. The first kappa shape index (κ1) is 16.1. The zero-order valence-corrected chi connectivity index (χ0v) is 14.0. The van der Waals surface area contributed by atoms with E-state index in [2.05, 4.69) is 21.7 Å². The molecule has 1 aliphatic heterocycles. The van der Waals surface area contributed by atoms with E-state index >= 15 is 0 Å². The third-order valence-electron chi connectivity index (χ3n) is 3.98. The molecule has 0 bridgehead atoms. The largest absolute Gasteiger partial charge is 0.376 e. The standard InChI is InChI=1S/C17H21N3O2S/c1-12(16(18)21)23-17-19-10-15(13-6-3-2-4-7-13)20(17)11-14-8-5-9-22-14/h2-4,6-7,10,12,14H,5,8-9,11H2,1H3,(H2,18,21)/t12-,14+/m0/s1. The van der Waals surface area contributed by atoms with Gasteiger partial charge >= 0.3 is 0 Å². The molecule has 0 spiro atoms. The van der Waals surface area contributed by atoms with Gasteiger partial charge in [-0.2, -0.15) is 0 Å². The lowest BCUT2D eigenvalue weighted by molar-refractivity contribution is -0.117. The van der Waals surface area contributed by atoms with Crippen LogP contribution in [0.4, 0.5) is 0 Å². The number of hydrogen-bond donors (Lipinski definition) is 1. The molecule has 1 amide bonds. The maximum Gasteiger partial charge on any atom is 0.230 e. The molecule has 2 atom stereocenters. The molecular formula is C17H21N3O2S. The van der Waals surface area contributed by atoms with Gasteiger partial charge in [-0.25, -0.2) is 4.98 Å². The number of amides is 1. The lowest BCUT2D eigenvalue weighted by Crippen LogP contribution is -2.23. The monoisotopic (exact) mass is 331 g/mol. The van der Waals surface area contributed by atoms with Crippen LogP contribution in [0.5, 0.6) is 0 Å². The summed E-state index contributed by atoms with van der Waals surface area (Å²) in [5.74, 6) is -0.331. The maximum absolute atomic E-state index is 11.4. The van der Waals surface area contributed by atoms with Crippen LogP contribution in [0.25, 0.3) is 11.3 Å². The van der Waals surface area contributed by atoms with Crippen LogP contribution in [0.2, 0.25) is 0 Å². The summed E-state index contributed by atoms with van der Waals surface area (Å²) in [5, 5.41) is 0.495. The van der Waals surface area contributed by atoms with Crippen LogP contribution in [-0.2, 0) is 16.1 Å². The minimum absolute atomic E-state index is 0.204. The SMILES string of the molecule is C[C@H](Sc1ncc(-c2ccccc2)n1C[C@H]1CCCO1)C(N)=O. The van der Waals surface area contributed by atoms with E-state index in [9.17, 15) is 4.79 Å². The van der Waals surface area contributed by atoms with Crippen LogP contribution in [0.15, 0.2) is 41.7 Å². The highest BCUT2D eigenvalue weighted by molar-refractivity contribution is 8.00. The molecule has 0 aliphatic carbocycles. The zero-order chi connectivity index (χ0) is 16.2. The number of thioether (sulfide) groups is 1. The van der Waals surface area contributed by atoms with Crippen LogP contribution in [0, 0.1) is 0 Å². The molecule has 6 heteroatoms. The number of aromatic nitrogens is 2. The van der Waals surface area contributed by atoms with Crippen molar-refractivity contribution >= 4 is 17.7 Å². The van der Waals surface area contributed by atoms with Gasteiger partial charge in [0.2, 0.25) is 5.91 Å². The molecular weight excluding hydrogens is 310 g/mol. The normalized spacial score (nSPS) is 18.9. The Labute approximate surface area is 140 Å². The number of hydrogen-bond acceptors (Lipinski definition) is 4. The molecule has 3 rings (SSSR count). The highest BCUT2D eigenvalue weighted by Crippen LogP contribution is 2.30. The molecule has 0 unspecified atom stereocenters. The predicted octanol–water partition coefficient (Wildman–Crippen LogP) is 2.69. The van der Waals surface area contributed by atoms with E-state index in [1.165, 1.54) is 11.8 Å². The van der Waals surface area contributed by atoms with Gasteiger partial charge in [0.15, 0.2) is 5.16 Å². The van der Waals surface area contributed by atoms with Crippen molar-refractivity contribution in [3.8, 4) is 11.3 Å². The van der Waals surface area contributed by atoms with E-state index in [0.717, 1.165) is 42.4 Å². The summed E-state index contributed by atoms with van der Waals surface area (Å²) in [6, 6.07) is 10.1. The van der Waals surface area contributed by atoms with Gasteiger partial charge < -0.3 is 15.0 Å². The van der Waals surface area contributed by atoms with E-state index in [4.69, 9.17) is 10.5 Å². The average molecular weight is 331 g/mol. The summed E-state index contributed by atoms with van der Waals surface area (Å²) < 4.78 is 7.92. The molecule has 23 heavy (non-hydrogen) atoms. The van der Waals surface area contributed by atoms with Gasteiger partial charge in [0, 0.05) is 6.61 Å². The number of imidazole rings is 1. The molecule has 1 aromatic carbocycles. The second-order valence-corrected chi connectivity index (χ2v) is 7.01. The van der Waals surface area contributed by atoms with Crippen LogP contribution in [0.3, 0.4) is 0 Å². The third-order valence-corrected chi connectivity index (χ3v) is 5.10. The zero-order valence-electron chi connectivity index (χ0n) is 13.1. The van der Waals surface area contributed by atoms with Crippen molar-refractivity contribution in [1.29, 1.82) is 0 Å². The lowest BCUT2D eigenvalue weighted by Gasteiger charge is -2.17. The first-order valence-corrected chi connectivity index (χ1v) is 8.71. The van der Waals surface area contributed by atoms with Crippen LogP contribution < -0.4 is 5.73 Å². The lowest BCUT2D eigenvalue weighted by atomic mass is 10.1. The average Bonchev–Trinajstić information content (AvgIpc) is 3.19. The van der Waals surface area contributed by atoms with Crippen molar-refractivity contribution in [3.05, 3.63) is 36.5 Å². The Morgan fingerprint density at radius 1 is 1.48 bits per heavy atom. The number of primary amides is 1. The van der Waals surface area contributed by atoms with Crippen LogP contribution in [-0.4, -0.2) is 33.4 Å². The second kappa shape index (κ2) is 7.19. The number of carbonyl (C=O) groups excluding carboxylic acids is 1. The summed E-state index contributed by atoms with van der Waals surface area (Å²) in [6.45, 7) is 3.37. The van der Waals surface area contributed by atoms with E-state index in [-0.39, 0.29) is 17.3 Å². The molecule has 2 N–H and O–H groups in total. The van der Waals surface area contributed by atoms with Gasteiger partial charge in [0.1, 0.15) is 0 Å². The number of carbonyl (C=O) groups is 1. The van der Waals surface area contributed by atoms with Gasteiger partial charge in [-0.3, -0.25) is 4.79 Å². The Morgan fingerprint density at radius 3 is 2.91 bits per heavy atom. The Morgan fingerprint density at radius 2 is 2.26 bits per heavy atom. The number of nitrogens with zero attached hydrogens (tertiary/aromatic N) is 2. The summed E-state index contributed by atoms with van der Waals surface area (Å²) in [7, 11) is 0. The molecule has 2 heterocycles. The Bertz CT molecular complexity index is 666. The molecule has 0 radical (unpaired) electrons.